The van der Waals surface area contributed by atoms with E-state index in [9.17, 15) is 9.59 Å². The predicted octanol–water partition coefficient (Wildman–Crippen LogP) is 0.992. The monoisotopic (exact) mass is 281 g/mol. The number of amides is 2. The number of anilines is 1. The zero-order chi connectivity index (χ0) is 15.0. The first-order chi connectivity index (χ1) is 9.49. The Bertz CT molecular complexity index is 427. The Hall–Kier alpha value is -2.44. The molecule has 7 heteroatoms. The van der Waals surface area contributed by atoms with E-state index < -0.39 is 12.2 Å². The van der Waals surface area contributed by atoms with E-state index in [0.29, 0.717) is 13.1 Å². The number of nitrogens with zero attached hydrogens (tertiary/aromatic N) is 1. The van der Waals surface area contributed by atoms with Crippen LogP contribution in [-0.2, 0) is 9.47 Å². The number of primary amides is 2. The van der Waals surface area contributed by atoms with Gasteiger partial charge in [-0.05, 0) is 19.1 Å². The van der Waals surface area contributed by atoms with Gasteiger partial charge in [0, 0.05) is 5.69 Å². The third-order valence-electron chi connectivity index (χ3n) is 2.61. The lowest BCUT2D eigenvalue weighted by atomic mass is 10.2. The van der Waals surface area contributed by atoms with Crippen molar-refractivity contribution >= 4 is 17.9 Å². The quantitative estimate of drug-likeness (QED) is 0.775. The second-order valence-corrected chi connectivity index (χ2v) is 4.16. The van der Waals surface area contributed by atoms with Crippen LogP contribution in [-0.4, -0.2) is 38.5 Å². The molecule has 0 aliphatic heterocycles. The molecule has 0 aliphatic carbocycles. The van der Waals surface area contributed by atoms with Crippen LogP contribution in [0, 0.1) is 6.92 Å². The molecule has 0 bridgehead atoms. The lowest BCUT2D eigenvalue weighted by Gasteiger charge is -2.24. The number of nitrogens with two attached hydrogens (primary N) is 2. The molecule has 0 saturated heterocycles. The first-order valence-electron chi connectivity index (χ1n) is 6.15. The van der Waals surface area contributed by atoms with Gasteiger partial charge in [-0.25, -0.2) is 9.59 Å². The number of hydrogen-bond acceptors (Lipinski definition) is 5. The molecule has 0 aromatic heterocycles. The Balaban J connectivity index is 2.60. The zero-order valence-electron chi connectivity index (χ0n) is 11.4. The topological polar surface area (TPSA) is 108 Å². The first kappa shape index (κ1) is 15.6. The number of ether oxygens (including phenoxy) is 2. The second kappa shape index (κ2) is 7.88. The summed E-state index contributed by atoms with van der Waals surface area (Å²) >= 11 is 0. The van der Waals surface area contributed by atoms with Gasteiger partial charge in [-0.15, -0.1) is 0 Å². The highest BCUT2D eigenvalue weighted by Crippen LogP contribution is 2.14. The smallest absolute Gasteiger partial charge is 0.404 e. The highest BCUT2D eigenvalue weighted by Gasteiger charge is 2.08. The maximum absolute atomic E-state index is 10.6. The molecule has 0 atom stereocenters. The molecule has 4 N–H and O–H groups in total. The minimum atomic E-state index is -0.817. The van der Waals surface area contributed by atoms with Gasteiger partial charge in [0.15, 0.2) is 0 Å². The molecule has 0 radical (unpaired) electrons. The molecule has 2 amide bonds. The van der Waals surface area contributed by atoms with Gasteiger partial charge in [-0.1, -0.05) is 17.7 Å². The molecule has 0 aliphatic rings. The fourth-order valence-corrected chi connectivity index (χ4v) is 1.64. The van der Waals surface area contributed by atoms with Crippen LogP contribution in [0.25, 0.3) is 0 Å². The summed E-state index contributed by atoms with van der Waals surface area (Å²) in [7, 11) is 0. The van der Waals surface area contributed by atoms with Crippen LogP contribution < -0.4 is 16.4 Å². The molecule has 110 valence electrons. The molecule has 0 spiro atoms. The second-order valence-electron chi connectivity index (χ2n) is 4.16. The van der Waals surface area contributed by atoms with Crippen molar-refractivity contribution in [1.29, 1.82) is 0 Å². The Morgan fingerprint density at radius 2 is 1.45 bits per heavy atom. The Kier molecular flexibility index (Phi) is 6.15. The van der Waals surface area contributed by atoms with Gasteiger partial charge in [0.1, 0.15) is 13.2 Å². The van der Waals surface area contributed by atoms with Crippen LogP contribution in [0.2, 0.25) is 0 Å². The van der Waals surface area contributed by atoms with Crippen LogP contribution in [0.15, 0.2) is 24.3 Å². The van der Waals surface area contributed by atoms with Crippen molar-refractivity contribution in [3.05, 3.63) is 29.8 Å². The van der Waals surface area contributed by atoms with Gasteiger partial charge in [-0.2, -0.15) is 0 Å². The molecule has 0 fully saturated rings. The van der Waals surface area contributed by atoms with Gasteiger partial charge in [0.2, 0.25) is 0 Å². The first-order valence-corrected chi connectivity index (χ1v) is 6.15. The van der Waals surface area contributed by atoms with E-state index >= 15 is 0 Å². The van der Waals surface area contributed by atoms with E-state index in [-0.39, 0.29) is 13.2 Å². The van der Waals surface area contributed by atoms with E-state index in [1.807, 2.05) is 36.1 Å². The van der Waals surface area contributed by atoms with E-state index in [1.54, 1.807) is 0 Å². The van der Waals surface area contributed by atoms with Gasteiger partial charge >= 0.3 is 12.2 Å². The van der Waals surface area contributed by atoms with Crippen molar-refractivity contribution in [2.45, 2.75) is 6.92 Å². The van der Waals surface area contributed by atoms with Crippen LogP contribution in [0.5, 0.6) is 0 Å². The minimum absolute atomic E-state index is 0.153. The van der Waals surface area contributed by atoms with Crippen LogP contribution in [0.3, 0.4) is 0 Å². The average molecular weight is 281 g/mol. The van der Waals surface area contributed by atoms with Gasteiger partial charge in [0.25, 0.3) is 0 Å². The lowest BCUT2D eigenvalue weighted by Crippen LogP contribution is -2.33. The Labute approximate surface area is 117 Å². The fraction of sp³-hybridized carbons (Fsp3) is 0.385. The Morgan fingerprint density at radius 1 is 1.00 bits per heavy atom. The average Bonchev–Trinajstić information content (AvgIpc) is 2.37. The van der Waals surface area contributed by atoms with Gasteiger partial charge in [0.05, 0.1) is 13.1 Å². The van der Waals surface area contributed by atoms with Crippen molar-refractivity contribution in [3.8, 4) is 0 Å². The molecule has 0 heterocycles. The maximum Gasteiger partial charge on any atom is 0.404 e. The van der Waals surface area contributed by atoms with Gasteiger partial charge in [-0.3, -0.25) is 0 Å². The van der Waals surface area contributed by atoms with Crippen molar-refractivity contribution in [1.82, 2.24) is 0 Å². The number of carbonyl (C=O) groups excluding carboxylic acids is 2. The van der Waals surface area contributed by atoms with Gasteiger partial charge < -0.3 is 25.8 Å². The molecular weight excluding hydrogens is 262 g/mol. The zero-order valence-corrected chi connectivity index (χ0v) is 11.4. The number of aryl methyl sites for hydroxylation is 1. The summed E-state index contributed by atoms with van der Waals surface area (Å²) in [5.74, 6) is 0. The molecular formula is C13H19N3O4. The maximum atomic E-state index is 10.6. The summed E-state index contributed by atoms with van der Waals surface area (Å²) < 4.78 is 9.42. The SMILES string of the molecule is Cc1ccc(N(CCOC(N)=O)CCOC(N)=O)cc1. The Morgan fingerprint density at radius 3 is 1.85 bits per heavy atom. The minimum Gasteiger partial charge on any atom is -0.448 e. The number of benzene rings is 1. The van der Waals surface area contributed by atoms with Crippen molar-refractivity contribution in [2.75, 3.05) is 31.2 Å². The molecule has 7 nitrogen and oxygen atoms in total. The van der Waals surface area contributed by atoms with Crippen LogP contribution in [0.1, 0.15) is 5.56 Å². The summed E-state index contributed by atoms with van der Waals surface area (Å²) in [5, 5.41) is 0. The van der Waals surface area contributed by atoms with E-state index in [2.05, 4.69) is 0 Å². The van der Waals surface area contributed by atoms with E-state index in [0.717, 1.165) is 11.3 Å². The highest BCUT2D eigenvalue weighted by molar-refractivity contribution is 5.65. The molecule has 1 aromatic rings. The lowest BCUT2D eigenvalue weighted by molar-refractivity contribution is 0.154. The number of rotatable bonds is 7. The predicted molar refractivity (Wildman–Crippen MR) is 74.5 cm³/mol. The normalized spacial score (nSPS) is 9.85. The van der Waals surface area contributed by atoms with Crippen LogP contribution >= 0.6 is 0 Å². The van der Waals surface area contributed by atoms with E-state index in [1.165, 1.54) is 0 Å². The summed E-state index contributed by atoms with van der Waals surface area (Å²) in [6.45, 7) is 3.17. The summed E-state index contributed by atoms with van der Waals surface area (Å²) in [6.07, 6.45) is -1.63. The summed E-state index contributed by atoms with van der Waals surface area (Å²) in [6, 6.07) is 7.80. The summed E-state index contributed by atoms with van der Waals surface area (Å²) in [5.41, 5.74) is 11.9. The van der Waals surface area contributed by atoms with E-state index in [4.69, 9.17) is 20.9 Å². The highest BCUT2D eigenvalue weighted by atomic mass is 16.5. The standard InChI is InChI=1S/C13H19N3O4/c1-10-2-4-11(5-3-10)16(6-8-19-12(14)17)7-9-20-13(15)18/h2-5H,6-9H2,1H3,(H2,14,17)(H2,15,18). The third kappa shape index (κ3) is 5.94. The molecule has 1 rings (SSSR count). The van der Waals surface area contributed by atoms with Crippen molar-refractivity contribution < 1.29 is 19.1 Å². The molecule has 1 aromatic carbocycles. The number of carbonyl (C=O) groups is 2. The number of hydrogen-bond donors (Lipinski definition) is 2. The molecule has 20 heavy (non-hydrogen) atoms. The van der Waals surface area contributed by atoms with Crippen molar-refractivity contribution in [2.24, 2.45) is 11.5 Å². The molecule has 0 saturated carbocycles. The largest absolute Gasteiger partial charge is 0.448 e. The summed E-state index contributed by atoms with van der Waals surface area (Å²) in [4.78, 5) is 23.0. The van der Waals surface area contributed by atoms with Crippen LogP contribution in [0.4, 0.5) is 15.3 Å². The van der Waals surface area contributed by atoms with Crippen molar-refractivity contribution in [3.63, 3.8) is 0 Å². The molecule has 0 unspecified atom stereocenters. The fourth-order valence-electron chi connectivity index (χ4n) is 1.64. The third-order valence-corrected chi connectivity index (χ3v) is 2.61.